The van der Waals surface area contributed by atoms with Crippen LogP contribution in [0.3, 0.4) is 0 Å². The average molecular weight is 240 g/mol. The molecule has 5 heteroatoms. The molecule has 0 fully saturated rings. The van der Waals surface area contributed by atoms with Gasteiger partial charge in [0.1, 0.15) is 0 Å². The summed E-state index contributed by atoms with van der Waals surface area (Å²) in [5, 5.41) is 4.79. The molecule has 0 amide bonds. The summed E-state index contributed by atoms with van der Waals surface area (Å²) in [4.78, 5) is 1.02. The molecular formula is C10H10ClN3S. The first kappa shape index (κ1) is 10.4. The minimum absolute atomic E-state index is 0.684. The number of benzene rings is 1. The van der Waals surface area contributed by atoms with Crippen LogP contribution in [-0.4, -0.2) is 9.78 Å². The maximum atomic E-state index is 6.04. The summed E-state index contributed by atoms with van der Waals surface area (Å²) in [6, 6.07) is 7.42. The fraction of sp³-hybridized carbons (Fsp3) is 0.100. The first-order valence-corrected chi connectivity index (χ1v) is 5.77. The zero-order valence-electron chi connectivity index (χ0n) is 7.93. The molecule has 2 aromatic rings. The van der Waals surface area contributed by atoms with Gasteiger partial charge in [0.25, 0.3) is 0 Å². The highest BCUT2D eigenvalue weighted by Crippen LogP contribution is 2.29. The molecule has 1 aromatic heterocycles. The van der Waals surface area contributed by atoms with Crippen molar-refractivity contribution in [2.24, 2.45) is 0 Å². The van der Waals surface area contributed by atoms with E-state index in [1.807, 2.05) is 29.1 Å². The van der Waals surface area contributed by atoms with Crippen LogP contribution in [-0.2, 0) is 5.88 Å². The number of nitrogens with two attached hydrogens (primary N) is 1. The molecule has 0 unspecified atom stereocenters. The first-order chi connectivity index (χ1) is 7.25. The molecule has 0 saturated heterocycles. The molecule has 15 heavy (non-hydrogen) atoms. The Morgan fingerprint density at radius 3 is 3.00 bits per heavy atom. The summed E-state index contributed by atoms with van der Waals surface area (Å²) in [6.45, 7) is 0. The Bertz CT molecular complexity index is 442. The number of nitrogen functional groups attached to an aromatic ring is 1. The van der Waals surface area contributed by atoms with E-state index in [0.717, 1.165) is 10.8 Å². The van der Waals surface area contributed by atoms with Crippen LogP contribution in [0.15, 0.2) is 41.6 Å². The van der Waals surface area contributed by atoms with Gasteiger partial charge in [0.2, 0.25) is 0 Å². The van der Waals surface area contributed by atoms with E-state index in [9.17, 15) is 0 Å². The molecule has 1 heterocycles. The highest BCUT2D eigenvalue weighted by Gasteiger charge is 2.01. The third-order valence-corrected chi connectivity index (χ3v) is 3.35. The van der Waals surface area contributed by atoms with Crippen LogP contribution in [0.2, 0.25) is 5.02 Å². The van der Waals surface area contributed by atoms with Gasteiger partial charge in [0.05, 0.1) is 10.9 Å². The van der Waals surface area contributed by atoms with E-state index < -0.39 is 0 Å². The lowest BCUT2D eigenvalue weighted by molar-refractivity contribution is 0.751. The van der Waals surface area contributed by atoms with Crippen LogP contribution in [0.1, 0.15) is 0 Å². The highest BCUT2D eigenvalue weighted by molar-refractivity contribution is 7.98. The third kappa shape index (κ3) is 2.67. The molecule has 0 radical (unpaired) electrons. The summed E-state index contributed by atoms with van der Waals surface area (Å²) >= 11 is 7.67. The van der Waals surface area contributed by atoms with Gasteiger partial charge >= 0.3 is 0 Å². The van der Waals surface area contributed by atoms with Crippen molar-refractivity contribution in [2.45, 2.75) is 10.8 Å². The second-order valence-electron chi connectivity index (χ2n) is 3.01. The summed E-state index contributed by atoms with van der Waals surface area (Å²) in [6.07, 6.45) is 3.67. The first-order valence-electron chi connectivity index (χ1n) is 4.41. The quantitative estimate of drug-likeness (QED) is 0.662. The number of hydrogen-bond acceptors (Lipinski definition) is 3. The summed E-state index contributed by atoms with van der Waals surface area (Å²) in [5.41, 5.74) is 6.29. The van der Waals surface area contributed by atoms with Gasteiger partial charge in [-0.1, -0.05) is 11.6 Å². The lowest BCUT2D eigenvalue weighted by Crippen LogP contribution is -1.94. The van der Waals surface area contributed by atoms with E-state index in [0.29, 0.717) is 10.7 Å². The number of nitrogens with zero attached hydrogens (tertiary/aromatic N) is 2. The number of halogens is 1. The zero-order valence-corrected chi connectivity index (χ0v) is 9.50. The van der Waals surface area contributed by atoms with Crippen molar-refractivity contribution < 1.29 is 0 Å². The normalized spacial score (nSPS) is 10.5. The van der Waals surface area contributed by atoms with Crippen LogP contribution in [0, 0.1) is 0 Å². The number of hydrogen-bond donors (Lipinski definition) is 1. The van der Waals surface area contributed by atoms with Crippen molar-refractivity contribution in [3.05, 3.63) is 41.7 Å². The zero-order chi connectivity index (χ0) is 10.7. The molecule has 3 nitrogen and oxygen atoms in total. The third-order valence-electron chi connectivity index (χ3n) is 1.87. The molecule has 0 aliphatic rings. The predicted octanol–water partition coefficient (Wildman–Crippen LogP) is 2.87. The minimum Gasteiger partial charge on any atom is -0.399 e. The lowest BCUT2D eigenvalue weighted by Gasteiger charge is -2.04. The van der Waals surface area contributed by atoms with Gasteiger partial charge in [0, 0.05) is 23.0 Å². The van der Waals surface area contributed by atoms with E-state index >= 15 is 0 Å². The fourth-order valence-corrected chi connectivity index (χ4v) is 2.28. The van der Waals surface area contributed by atoms with Crippen LogP contribution >= 0.6 is 23.4 Å². The number of rotatable bonds is 3. The molecule has 0 spiro atoms. The molecule has 0 atom stereocenters. The molecule has 2 rings (SSSR count). The Morgan fingerprint density at radius 2 is 2.33 bits per heavy atom. The molecule has 0 bridgehead atoms. The van der Waals surface area contributed by atoms with E-state index in [1.54, 1.807) is 24.0 Å². The smallest absolute Gasteiger partial charge is 0.0909 e. The maximum absolute atomic E-state index is 6.04. The Balaban J connectivity index is 2.05. The van der Waals surface area contributed by atoms with Gasteiger partial charge in [0.15, 0.2) is 0 Å². The molecular weight excluding hydrogens is 230 g/mol. The van der Waals surface area contributed by atoms with Gasteiger partial charge in [-0.2, -0.15) is 5.10 Å². The van der Waals surface area contributed by atoms with Crippen molar-refractivity contribution in [1.29, 1.82) is 0 Å². The topological polar surface area (TPSA) is 43.8 Å². The molecule has 0 aliphatic carbocycles. The Labute approximate surface area is 97.2 Å². The van der Waals surface area contributed by atoms with Gasteiger partial charge in [-0.3, -0.25) is 4.68 Å². The van der Waals surface area contributed by atoms with Crippen molar-refractivity contribution in [2.75, 3.05) is 5.73 Å². The van der Waals surface area contributed by atoms with Crippen LogP contribution in [0.4, 0.5) is 5.69 Å². The van der Waals surface area contributed by atoms with Gasteiger partial charge < -0.3 is 5.73 Å². The Morgan fingerprint density at radius 1 is 1.47 bits per heavy atom. The Kier molecular flexibility index (Phi) is 3.18. The largest absolute Gasteiger partial charge is 0.399 e. The van der Waals surface area contributed by atoms with Crippen LogP contribution in [0.5, 0.6) is 0 Å². The van der Waals surface area contributed by atoms with Gasteiger partial charge in [-0.05, 0) is 24.3 Å². The second-order valence-corrected chi connectivity index (χ2v) is 4.40. The van der Waals surface area contributed by atoms with Crippen molar-refractivity contribution in [3.63, 3.8) is 0 Å². The summed E-state index contributed by atoms with van der Waals surface area (Å²) < 4.78 is 1.84. The van der Waals surface area contributed by atoms with E-state index in [2.05, 4.69) is 5.10 Å². The van der Waals surface area contributed by atoms with Gasteiger partial charge in [-0.25, -0.2) is 0 Å². The van der Waals surface area contributed by atoms with E-state index in [1.165, 1.54) is 0 Å². The van der Waals surface area contributed by atoms with E-state index in [4.69, 9.17) is 17.3 Å². The van der Waals surface area contributed by atoms with Crippen LogP contribution < -0.4 is 5.73 Å². The van der Waals surface area contributed by atoms with Crippen molar-refractivity contribution in [1.82, 2.24) is 9.78 Å². The van der Waals surface area contributed by atoms with E-state index in [-0.39, 0.29) is 0 Å². The van der Waals surface area contributed by atoms with Crippen molar-refractivity contribution >= 4 is 29.1 Å². The fourth-order valence-electron chi connectivity index (χ4n) is 1.15. The minimum atomic E-state index is 0.684. The monoisotopic (exact) mass is 239 g/mol. The summed E-state index contributed by atoms with van der Waals surface area (Å²) in [5.74, 6) is 0.747. The molecule has 2 N–H and O–H groups in total. The Hall–Kier alpha value is -1.13. The SMILES string of the molecule is Nc1ccc(SCn2cccn2)c(Cl)c1. The second kappa shape index (κ2) is 4.59. The number of anilines is 1. The molecule has 0 aliphatic heterocycles. The standard InChI is InChI=1S/C10H10ClN3S/c11-9-6-8(12)2-3-10(9)15-7-14-5-1-4-13-14/h1-6H,7,12H2. The van der Waals surface area contributed by atoms with Crippen molar-refractivity contribution in [3.8, 4) is 0 Å². The van der Waals surface area contributed by atoms with Gasteiger partial charge in [-0.15, -0.1) is 11.8 Å². The molecule has 78 valence electrons. The number of thioether (sulfide) groups is 1. The maximum Gasteiger partial charge on any atom is 0.0909 e. The molecule has 1 aromatic carbocycles. The number of aromatic nitrogens is 2. The molecule has 0 saturated carbocycles. The highest BCUT2D eigenvalue weighted by atomic mass is 35.5. The average Bonchev–Trinajstić information content (AvgIpc) is 2.69. The predicted molar refractivity (Wildman–Crippen MR) is 63.9 cm³/mol. The summed E-state index contributed by atoms with van der Waals surface area (Å²) in [7, 11) is 0. The lowest BCUT2D eigenvalue weighted by atomic mass is 10.3. The van der Waals surface area contributed by atoms with Crippen LogP contribution in [0.25, 0.3) is 0 Å².